The predicted molar refractivity (Wildman–Crippen MR) is 64.5 cm³/mol. The van der Waals surface area contributed by atoms with Crippen LogP contribution in [0.15, 0.2) is 0 Å². The lowest BCUT2D eigenvalue weighted by Crippen LogP contribution is -2.51. The van der Waals surface area contributed by atoms with Crippen molar-refractivity contribution in [1.82, 2.24) is 10.2 Å². The third-order valence-electron chi connectivity index (χ3n) is 2.97. The molecule has 0 unspecified atom stereocenters. The molecular formula is C12H24N2O2. The lowest BCUT2D eigenvalue weighted by Gasteiger charge is -2.35. The van der Waals surface area contributed by atoms with E-state index >= 15 is 0 Å². The first-order valence-corrected chi connectivity index (χ1v) is 6.23. The summed E-state index contributed by atoms with van der Waals surface area (Å²) in [5.41, 5.74) is -0.153. The number of nitrogens with zero attached hydrogens (tertiary/aromatic N) is 1. The molecule has 1 rings (SSSR count). The Morgan fingerprint density at radius 3 is 2.94 bits per heavy atom. The normalized spacial score (nSPS) is 20.3. The summed E-state index contributed by atoms with van der Waals surface area (Å²) in [5.74, 6) is 0. The van der Waals surface area contributed by atoms with Gasteiger partial charge in [-0.25, -0.2) is 4.79 Å². The van der Waals surface area contributed by atoms with Gasteiger partial charge in [-0.2, -0.15) is 0 Å². The minimum absolute atomic E-state index is 0.153. The summed E-state index contributed by atoms with van der Waals surface area (Å²) in [4.78, 5) is 13.8. The van der Waals surface area contributed by atoms with E-state index in [0.29, 0.717) is 6.61 Å². The second kappa shape index (κ2) is 6.09. The number of ether oxygens (including phenoxy) is 1. The van der Waals surface area contributed by atoms with Crippen molar-refractivity contribution in [3.63, 3.8) is 0 Å². The van der Waals surface area contributed by atoms with Gasteiger partial charge in [0.05, 0.1) is 12.1 Å². The van der Waals surface area contributed by atoms with E-state index in [-0.39, 0.29) is 11.6 Å². The third-order valence-corrected chi connectivity index (χ3v) is 2.97. The molecular weight excluding hydrogens is 204 g/mol. The van der Waals surface area contributed by atoms with Crippen LogP contribution in [-0.4, -0.2) is 42.8 Å². The molecule has 0 aromatic carbocycles. The Balaban J connectivity index is 2.50. The largest absolute Gasteiger partial charge is 0.449 e. The topological polar surface area (TPSA) is 41.6 Å². The number of rotatable bonds is 3. The number of nitrogens with one attached hydrogen (secondary N) is 1. The zero-order valence-corrected chi connectivity index (χ0v) is 10.7. The molecule has 4 nitrogen and oxygen atoms in total. The van der Waals surface area contributed by atoms with Gasteiger partial charge in [-0.3, -0.25) is 0 Å². The summed E-state index contributed by atoms with van der Waals surface area (Å²) in [6, 6.07) is 0. The van der Waals surface area contributed by atoms with Crippen molar-refractivity contribution < 1.29 is 9.53 Å². The van der Waals surface area contributed by atoms with E-state index in [0.717, 1.165) is 38.9 Å². The SMILES string of the molecule is CCCCOC(=O)N1CCCNCC1(C)C. The van der Waals surface area contributed by atoms with Gasteiger partial charge in [0.2, 0.25) is 0 Å². The van der Waals surface area contributed by atoms with Crippen LogP contribution in [0.25, 0.3) is 0 Å². The van der Waals surface area contributed by atoms with Crippen LogP contribution in [0, 0.1) is 0 Å². The highest BCUT2D eigenvalue weighted by molar-refractivity contribution is 5.68. The zero-order chi connectivity index (χ0) is 12.0. The Bertz CT molecular complexity index is 229. The van der Waals surface area contributed by atoms with Gasteiger partial charge in [-0.15, -0.1) is 0 Å². The maximum Gasteiger partial charge on any atom is 0.410 e. The first kappa shape index (κ1) is 13.3. The van der Waals surface area contributed by atoms with Gasteiger partial charge < -0.3 is 15.0 Å². The summed E-state index contributed by atoms with van der Waals surface area (Å²) < 4.78 is 5.27. The van der Waals surface area contributed by atoms with Crippen molar-refractivity contribution in [2.24, 2.45) is 0 Å². The molecule has 0 spiro atoms. The van der Waals surface area contributed by atoms with E-state index in [2.05, 4.69) is 26.1 Å². The number of hydrogen-bond donors (Lipinski definition) is 1. The average Bonchev–Trinajstić information content (AvgIpc) is 2.39. The molecule has 1 aliphatic heterocycles. The fourth-order valence-electron chi connectivity index (χ4n) is 1.87. The predicted octanol–water partition coefficient (Wildman–Crippen LogP) is 2.00. The van der Waals surface area contributed by atoms with Crippen LogP contribution < -0.4 is 5.32 Å². The molecule has 0 aromatic heterocycles. The molecule has 1 aliphatic rings. The minimum Gasteiger partial charge on any atom is -0.449 e. The molecule has 1 amide bonds. The van der Waals surface area contributed by atoms with Crippen LogP contribution in [0.3, 0.4) is 0 Å². The molecule has 0 bridgehead atoms. The number of amides is 1. The Morgan fingerprint density at radius 2 is 2.25 bits per heavy atom. The van der Waals surface area contributed by atoms with Crippen LogP contribution in [0.1, 0.15) is 40.0 Å². The lowest BCUT2D eigenvalue weighted by atomic mass is 10.0. The highest BCUT2D eigenvalue weighted by Crippen LogP contribution is 2.17. The Labute approximate surface area is 98.3 Å². The van der Waals surface area contributed by atoms with Gasteiger partial charge in [0.15, 0.2) is 0 Å². The highest BCUT2D eigenvalue weighted by atomic mass is 16.6. The third kappa shape index (κ3) is 3.67. The maximum atomic E-state index is 11.9. The van der Waals surface area contributed by atoms with E-state index < -0.39 is 0 Å². The summed E-state index contributed by atoms with van der Waals surface area (Å²) in [7, 11) is 0. The molecule has 1 fully saturated rings. The maximum absolute atomic E-state index is 11.9. The fraction of sp³-hybridized carbons (Fsp3) is 0.917. The molecule has 0 radical (unpaired) electrons. The van der Waals surface area contributed by atoms with Crippen molar-refractivity contribution in [3.8, 4) is 0 Å². The van der Waals surface area contributed by atoms with Crippen molar-refractivity contribution in [3.05, 3.63) is 0 Å². The Morgan fingerprint density at radius 1 is 1.50 bits per heavy atom. The second-order valence-corrected chi connectivity index (χ2v) is 4.96. The van der Waals surface area contributed by atoms with Crippen LogP contribution in [0.2, 0.25) is 0 Å². The highest BCUT2D eigenvalue weighted by Gasteiger charge is 2.32. The van der Waals surface area contributed by atoms with E-state index in [1.165, 1.54) is 0 Å². The molecule has 94 valence electrons. The molecule has 4 heteroatoms. The molecule has 0 aliphatic carbocycles. The van der Waals surface area contributed by atoms with Gasteiger partial charge in [0.1, 0.15) is 0 Å². The summed E-state index contributed by atoms with van der Waals surface area (Å²) in [6.07, 6.45) is 2.82. The number of hydrogen-bond acceptors (Lipinski definition) is 3. The zero-order valence-electron chi connectivity index (χ0n) is 10.7. The molecule has 1 saturated heterocycles. The average molecular weight is 228 g/mol. The number of unbranched alkanes of at least 4 members (excludes halogenated alkanes) is 1. The van der Waals surface area contributed by atoms with Gasteiger partial charge in [0, 0.05) is 13.1 Å². The van der Waals surface area contributed by atoms with E-state index in [1.54, 1.807) is 0 Å². The molecule has 16 heavy (non-hydrogen) atoms. The van der Waals surface area contributed by atoms with Crippen LogP contribution >= 0.6 is 0 Å². The van der Waals surface area contributed by atoms with E-state index in [4.69, 9.17) is 4.74 Å². The van der Waals surface area contributed by atoms with Crippen molar-refractivity contribution in [2.75, 3.05) is 26.2 Å². The molecule has 0 aromatic rings. The lowest BCUT2D eigenvalue weighted by molar-refractivity contribution is 0.0661. The monoisotopic (exact) mass is 228 g/mol. The molecule has 0 saturated carbocycles. The van der Waals surface area contributed by atoms with E-state index in [1.807, 2.05) is 4.90 Å². The van der Waals surface area contributed by atoms with Crippen molar-refractivity contribution in [2.45, 2.75) is 45.6 Å². The van der Waals surface area contributed by atoms with Gasteiger partial charge >= 0.3 is 6.09 Å². The Kier molecular flexibility index (Phi) is 5.06. The van der Waals surface area contributed by atoms with Crippen molar-refractivity contribution >= 4 is 6.09 Å². The van der Waals surface area contributed by atoms with Gasteiger partial charge in [-0.1, -0.05) is 13.3 Å². The van der Waals surface area contributed by atoms with Gasteiger partial charge in [-0.05, 0) is 33.2 Å². The first-order valence-electron chi connectivity index (χ1n) is 6.23. The smallest absolute Gasteiger partial charge is 0.410 e. The Hall–Kier alpha value is -0.770. The quantitative estimate of drug-likeness (QED) is 0.751. The summed E-state index contributed by atoms with van der Waals surface area (Å²) >= 11 is 0. The molecule has 1 N–H and O–H groups in total. The van der Waals surface area contributed by atoms with Crippen LogP contribution in [-0.2, 0) is 4.74 Å². The second-order valence-electron chi connectivity index (χ2n) is 4.96. The molecule has 1 heterocycles. The summed E-state index contributed by atoms with van der Waals surface area (Å²) in [5, 5.41) is 3.34. The fourth-order valence-corrected chi connectivity index (χ4v) is 1.87. The summed E-state index contributed by atoms with van der Waals surface area (Å²) in [6.45, 7) is 9.37. The van der Waals surface area contributed by atoms with Crippen molar-refractivity contribution in [1.29, 1.82) is 0 Å². The molecule has 0 atom stereocenters. The number of carbonyl (C=O) groups is 1. The first-order chi connectivity index (χ1) is 7.58. The van der Waals surface area contributed by atoms with Crippen LogP contribution in [0.4, 0.5) is 4.79 Å². The number of carbonyl (C=O) groups excluding carboxylic acids is 1. The van der Waals surface area contributed by atoms with Gasteiger partial charge in [0.25, 0.3) is 0 Å². The standard InChI is InChI=1S/C12H24N2O2/c1-4-5-9-16-11(15)14-8-6-7-13-10-12(14,2)3/h13H,4-10H2,1-3H3. The van der Waals surface area contributed by atoms with E-state index in [9.17, 15) is 4.79 Å². The van der Waals surface area contributed by atoms with Crippen LogP contribution in [0.5, 0.6) is 0 Å². The minimum atomic E-state index is -0.165.